The van der Waals surface area contributed by atoms with Crippen LogP contribution in [-0.2, 0) is 9.59 Å². The van der Waals surface area contributed by atoms with Crippen molar-refractivity contribution >= 4 is 11.8 Å². The van der Waals surface area contributed by atoms with E-state index < -0.39 is 11.8 Å². The molecule has 0 saturated heterocycles. The fourth-order valence-corrected chi connectivity index (χ4v) is 3.05. The van der Waals surface area contributed by atoms with Gasteiger partial charge in [-0.25, -0.2) is 0 Å². The van der Waals surface area contributed by atoms with Gasteiger partial charge in [-0.15, -0.1) is 0 Å². The Bertz CT molecular complexity index is 493. The molecule has 4 heteroatoms. The highest BCUT2D eigenvalue weighted by molar-refractivity contribution is 6.35. The van der Waals surface area contributed by atoms with E-state index in [0.29, 0.717) is 0 Å². The van der Waals surface area contributed by atoms with E-state index in [2.05, 4.69) is 17.6 Å². The van der Waals surface area contributed by atoms with Crippen molar-refractivity contribution in [1.29, 1.82) is 0 Å². The zero-order valence-electron chi connectivity index (χ0n) is 13.5. The maximum absolute atomic E-state index is 12.0. The molecule has 2 N–H and O–H groups in total. The van der Waals surface area contributed by atoms with Crippen LogP contribution in [-0.4, -0.2) is 17.9 Å². The van der Waals surface area contributed by atoms with Gasteiger partial charge in [-0.2, -0.15) is 0 Å². The molecule has 4 nitrogen and oxygen atoms in total. The predicted molar refractivity (Wildman–Crippen MR) is 87.2 cm³/mol. The summed E-state index contributed by atoms with van der Waals surface area (Å²) in [7, 11) is 0. The van der Waals surface area contributed by atoms with Crippen LogP contribution in [0, 0.1) is 5.92 Å². The molecular formula is C18H26N2O2. The lowest BCUT2D eigenvalue weighted by Crippen LogP contribution is -2.46. The maximum Gasteiger partial charge on any atom is 0.309 e. The Morgan fingerprint density at radius 2 is 1.73 bits per heavy atom. The van der Waals surface area contributed by atoms with Gasteiger partial charge in [-0.3, -0.25) is 9.59 Å². The molecule has 22 heavy (non-hydrogen) atoms. The van der Waals surface area contributed by atoms with Crippen LogP contribution in [0.5, 0.6) is 0 Å². The second kappa shape index (κ2) is 7.97. The Morgan fingerprint density at radius 3 is 2.32 bits per heavy atom. The molecule has 2 amide bonds. The van der Waals surface area contributed by atoms with Gasteiger partial charge in [0.25, 0.3) is 0 Å². The van der Waals surface area contributed by atoms with Crippen molar-refractivity contribution in [1.82, 2.24) is 10.6 Å². The van der Waals surface area contributed by atoms with Crippen molar-refractivity contribution in [3.8, 4) is 0 Å². The highest BCUT2D eigenvalue weighted by Crippen LogP contribution is 2.26. The molecule has 1 aromatic carbocycles. The molecule has 1 aliphatic rings. The number of amides is 2. The molecule has 0 aliphatic heterocycles. The van der Waals surface area contributed by atoms with Crippen molar-refractivity contribution in [2.75, 3.05) is 0 Å². The second-order valence-corrected chi connectivity index (χ2v) is 6.21. The molecule has 0 heterocycles. The molecule has 0 spiro atoms. The number of carbonyl (C=O) groups is 2. The van der Waals surface area contributed by atoms with Crippen molar-refractivity contribution in [2.24, 2.45) is 5.92 Å². The minimum absolute atomic E-state index is 0.146. The van der Waals surface area contributed by atoms with Gasteiger partial charge < -0.3 is 10.6 Å². The van der Waals surface area contributed by atoms with Gasteiger partial charge in [0.2, 0.25) is 0 Å². The number of carbonyl (C=O) groups excluding carboxylic acids is 2. The Labute approximate surface area is 132 Å². The first-order valence-electron chi connectivity index (χ1n) is 8.26. The first kappa shape index (κ1) is 16.5. The summed E-state index contributed by atoms with van der Waals surface area (Å²) in [6, 6.07) is 9.62. The van der Waals surface area contributed by atoms with E-state index in [9.17, 15) is 9.59 Å². The average Bonchev–Trinajstić information content (AvgIpc) is 2.56. The third-order valence-corrected chi connectivity index (χ3v) is 4.61. The minimum Gasteiger partial charge on any atom is -0.345 e. The van der Waals surface area contributed by atoms with Gasteiger partial charge in [0.1, 0.15) is 0 Å². The minimum atomic E-state index is -0.547. The van der Waals surface area contributed by atoms with E-state index in [4.69, 9.17) is 0 Å². The fourth-order valence-electron chi connectivity index (χ4n) is 3.05. The molecule has 0 unspecified atom stereocenters. The lowest BCUT2D eigenvalue weighted by atomic mass is 9.84. The van der Waals surface area contributed by atoms with E-state index in [1.807, 2.05) is 37.3 Å². The fraction of sp³-hybridized carbons (Fsp3) is 0.556. The monoisotopic (exact) mass is 302 g/mol. The highest BCUT2D eigenvalue weighted by Gasteiger charge is 2.24. The summed E-state index contributed by atoms with van der Waals surface area (Å²) in [5.41, 5.74) is 0.993. The third kappa shape index (κ3) is 4.58. The van der Waals surface area contributed by atoms with Gasteiger partial charge in [-0.05, 0) is 44.1 Å². The molecule has 1 aliphatic carbocycles. The normalized spacial score (nSPS) is 22.6. The number of nitrogens with one attached hydrogen (secondary N) is 2. The van der Waals surface area contributed by atoms with Crippen LogP contribution in [0.25, 0.3) is 0 Å². The largest absolute Gasteiger partial charge is 0.345 e. The van der Waals surface area contributed by atoms with E-state index in [1.54, 1.807) is 0 Å². The van der Waals surface area contributed by atoms with Crippen LogP contribution >= 0.6 is 0 Å². The Hall–Kier alpha value is -1.84. The van der Waals surface area contributed by atoms with Crippen molar-refractivity contribution in [2.45, 2.75) is 58.0 Å². The number of rotatable bonds is 4. The van der Waals surface area contributed by atoms with E-state index in [-0.39, 0.29) is 12.1 Å². The zero-order valence-corrected chi connectivity index (χ0v) is 13.5. The van der Waals surface area contributed by atoms with Crippen molar-refractivity contribution < 1.29 is 9.59 Å². The molecule has 0 radical (unpaired) electrons. The van der Waals surface area contributed by atoms with E-state index in [0.717, 1.165) is 37.2 Å². The molecule has 1 fully saturated rings. The summed E-state index contributed by atoms with van der Waals surface area (Å²) in [4.78, 5) is 24.0. The summed E-state index contributed by atoms with van der Waals surface area (Å²) in [5, 5.41) is 5.62. The SMILES string of the molecule is CCC1CCC(NC(=O)C(=O)N[C@H](C)c2ccccc2)CC1. The van der Waals surface area contributed by atoms with E-state index in [1.165, 1.54) is 6.42 Å². The van der Waals surface area contributed by atoms with Crippen LogP contribution in [0.2, 0.25) is 0 Å². The van der Waals surface area contributed by atoms with E-state index >= 15 is 0 Å². The van der Waals surface area contributed by atoms with Gasteiger partial charge >= 0.3 is 11.8 Å². The van der Waals surface area contributed by atoms with Crippen LogP contribution in [0.4, 0.5) is 0 Å². The van der Waals surface area contributed by atoms with Gasteiger partial charge in [-0.1, -0.05) is 43.7 Å². The third-order valence-electron chi connectivity index (χ3n) is 4.61. The molecule has 0 bridgehead atoms. The van der Waals surface area contributed by atoms with Crippen LogP contribution in [0.3, 0.4) is 0 Å². The number of hydrogen-bond donors (Lipinski definition) is 2. The van der Waals surface area contributed by atoms with Gasteiger partial charge in [0.15, 0.2) is 0 Å². The van der Waals surface area contributed by atoms with Crippen LogP contribution in [0.15, 0.2) is 30.3 Å². The summed E-state index contributed by atoms with van der Waals surface area (Å²) in [6.45, 7) is 4.09. The topological polar surface area (TPSA) is 58.2 Å². The quantitative estimate of drug-likeness (QED) is 0.840. The summed E-state index contributed by atoms with van der Waals surface area (Å²) < 4.78 is 0. The molecular weight excluding hydrogens is 276 g/mol. The van der Waals surface area contributed by atoms with Crippen LogP contribution < -0.4 is 10.6 Å². The molecule has 120 valence electrons. The number of hydrogen-bond acceptors (Lipinski definition) is 2. The summed E-state index contributed by atoms with van der Waals surface area (Å²) in [5.74, 6) is -0.281. The molecule has 0 aromatic heterocycles. The Balaban J connectivity index is 1.79. The maximum atomic E-state index is 12.0. The molecule has 2 rings (SSSR count). The van der Waals surface area contributed by atoms with Crippen molar-refractivity contribution in [3.63, 3.8) is 0 Å². The Morgan fingerprint density at radius 1 is 1.09 bits per heavy atom. The second-order valence-electron chi connectivity index (χ2n) is 6.21. The standard InChI is InChI=1S/C18H26N2O2/c1-3-14-9-11-16(12-10-14)20-18(22)17(21)19-13(2)15-7-5-4-6-8-15/h4-8,13-14,16H,3,9-12H2,1-2H3,(H,19,21)(H,20,22)/t13-,14?,16?/m1/s1. The summed E-state index contributed by atoms with van der Waals surface area (Å²) >= 11 is 0. The first-order chi connectivity index (χ1) is 10.6. The summed E-state index contributed by atoms with van der Waals surface area (Å²) in [6.07, 6.45) is 5.44. The first-order valence-corrected chi connectivity index (χ1v) is 8.26. The Kier molecular flexibility index (Phi) is 5.99. The number of benzene rings is 1. The molecule has 1 saturated carbocycles. The smallest absolute Gasteiger partial charge is 0.309 e. The molecule has 1 aromatic rings. The lowest BCUT2D eigenvalue weighted by molar-refractivity contribution is -0.140. The lowest BCUT2D eigenvalue weighted by Gasteiger charge is -2.28. The van der Waals surface area contributed by atoms with Gasteiger partial charge in [0.05, 0.1) is 6.04 Å². The van der Waals surface area contributed by atoms with Gasteiger partial charge in [0, 0.05) is 6.04 Å². The highest BCUT2D eigenvalue weighted by atomic mass is 16.2. The zero-order chi connectivity index (χ0) is 15.9. The van der Waals surface area contributed by atoms with Crippen LogP contribution in [0.1, 0.15) is 57.6 Å². The predicted octanol–water partition coefficient (Wildman–Crippen LogP) is 2.95. The van der Waals surface area contributed by atoms with Crippen molar-refractivity contribution in [3.05, 3.63) is 35.9 Å². The molecule has 1 atom stereocenters. The average molecular weight is 302 g/mol.